The Kier molecular flexibility index (Phi) is 1.93. The van der Waals surface area contributed by atoms with Crippen LogP contribution in [0.4, 0.5) is 13.2 Å². The maximum atomic E-state index is 12.0. The molecule has 0 N–H and O–H groups in total. The zero-order valence-electron chi connectivity index (χ0n) is 5.90. The maximum Gasteiger partial charge on any atom is 0.449 e. The van der Waals surface area contributed by atoms with Gasteiger partial charge in [-0.2, -0.15) is 13.2 Å². The van der Waals surface area contributed by atoms with Crippen LogP contribution in [0.2, 0.25) is 0 Å². The van der Waals surface area contributed by atoms with Gasteiger partial charge < -0.3 is 4.42 Å². The number of hydrogen-bond donors (Lipinski definition) is 0. The van der Waals surface area contributed by atoms with Gasteiger partial charge in [0.2, 0.25) is 5.76 Å². The van der Waals surface area contributed by atoms with Crippen molar-refractivity contribution in [2.24, 2.45) is 0 Å². The summed E-state index contributed by atoms with van der Waals surface area (Å²) in [6.45, 7) is 1.65. The molecule has 1 aromatic rings. The third-order valence-corrected chi connectivity index (χ3v) is 1.39. The van der Waals surface area contributed by atoms with E-state index in [9.17, 15) is 13.2 Å². The molecule has 11 heavy (non-hydrogen) atoms. The zero-order chi connectivity index (χ0) is 8.48. The topological polar surface area (TPSA) is 13.1 Å². The number of furan rings is 1. The smallest absolute Gasteiger partial charge is 0.449 e. The fourth-order valence-electron chi connectivity index (χ4n) is 0.863. The molecule has 0 saturated heterocycles. The molecule has 0 atom stereocenters. The van der Waals surface area contributed by atoms with Gasteiger partial charge in [0.1, 0.15) is 0 Å². The van der Waals surface area contributed by atoms with Gasteiger partial charge in [-0.1, -0.05) is 6.92 Å². The summed E-state index contributed by atoms with van der Waals surface area (Å²) >= 11 is 0. The highest BCUT2D eigenvalue weighted by Gasteiger charge is 2.36. The highest BCUT2D eigenvalue weighted by molar-refractivity contribution is 5.19. The lowest BCUT2D eigenvalue weighted by atomic mass is 10.2. The lowest BCUT2D eigenvalue weighted by Gasteiger charge is -2.03. The molecular weight excluding hydrogens is 157 g/mol. The molecule has 0 spiro atoms. The molecule has 0 unspecified atom stereocenters. The minimum Gasteiger partial charge on any atom is -0.459 e. The van der Waals surface area contributed by atoms with E-state index in [2.05, 4.69) is 4.42 Å². The van der Waals surface area contributed by atoms with Gasteiger partial charge >= 0.3 is 6.18 Å². The van der Waals surface area contributed by atoms with Crippen molar-refractivity contribution in [3.63, 3.8) is 0 Å². The molecule has 0 aliphatic carbocycles. The van der Waals surface area contributed by atoms with Gasteiger partial charge in [0.15, 0.2) is 0 Å². The van der Waals surface area contributed by atoms with Crippen LogP contribution in [0.15, 0.2) is 16.7 Å². The predicted octanol–water partition coefficient (Wildman–Crippen LogP) is 2.86. The Labute approximate surface area is 61.8 Å². The van der Waals surface area contributed by atoms with Crippen molar-refractivity contribution in [3.8, 4) is 0 Å². The summed E-state index contributed by atoms with van der Waals surface area (Å²) in [5.41, 5.74) is 0.206. The summed E-state index contributed by atoms with van der Waals surface area (Å²) in [4.78, 5) is 0. The Hall–Kier alpha value is -0.930. The van der Waals surface area contributed by atoms with E-state index in [0.717, 1.165) is 6.26 Å². The quantitative estimate of drug-likeness (QED) is 0.622. The van der Waals surface area contributed by atoms with Gasteiger partial charge in [0, 0.05) is 5.56 Å². The first-order valence-electron chi connectivity index (χ1n) is 3.19. The highest BCUT2D eigenvalue weighted by Crippen LogP contribution is 2.32. The minimum absolute atomic E-state index is 0.206. The number of halogens is 3. The van der Waals surface area contributed by atoms with Gasteiger partial charge in [-0.15, -0.1) is 0 Å². The number of alkyl halides is 3. The molecule has 1 rings (SSSR count). The van der Waals surface area contributed by atoms with E-state index in [0.29, 0.717) is 6.42 Å². The predicted molar refractivity (Wildman–Crippen MR) is 33.1 cm³/mol. The first-order chi connectivity index (χ1) is 5.05. The summed E-state index contributed by atoms with van der Waals surface area (Å²) in [5, 5.41) is 0. The monoisotopic (exact) mass is 164 g/mol. The normalized spacial score (nSPS) is 12.0. The molecule has 0 saturated carbocycles. The summed E-state index contributed by atoms with van der Waals surface area (Å²) in [6.07, 6.45) is -2.96. The molecule has 0 amide bonds. The molecule has 1 heterocycles. The molecule has 0 aliphatic rings. The second-order valence-electron chi connectivity index (χ2n) is 2.13. The van der Waals surface area contributed by atoms with Crippen LogP contribution < -0.4 is 0 Å². The van der Waals surface area contributed by atoms with Gasteiger partial charge in [-0.05, 0) is 12.5 Å². The second-order valence-corrected chi connectivity index (χ2v) is 2.13. The Balaban J connectivity index is 3.02. The minimum atomic E-state index is -4.35. The van der Waals surface area contributed by atoms with E-state index in [1.807, 2.05) is 0 Å². The van der Waals surface area contributed by atoms with Crippen molar-refractivity contribution in [3.05, 3.63) is 23.7 Å². The standard InChI is InChI=1S/C7H7F3O/c1-2-5-3-4-11-6(5)7(8,9)10/h3-4H,2H2,1H3. The van der Waals surface area contributed by atoms with Crippen LogP contribution >= 0.6 is 0 Å². The molecule has 0 radical (unpaired) electrons. The molecule has 1 aromatic heterocycles. The highest BCUT2D eigenvalue weighted by atomic mass is 19.4. The summed E-state index contributed by atoms with van der Waals surface area (Å²) in [6, 6.07) is 1.34. The lowest BCUT2D eigenvalue weighted by Crippen LogP contribution is -2.05. The van der Waals surface area contributed by atoms with E-state index in [4.69, 9.17) is 0 Å². The lowest BCUT2D eigenvalue weighted by molar-refractivity contribution is -0.153. The zero-order valence-corrected chi connectivity index (χ0v) is 5.90. The van der Waals surface area contributed by atoms with Crippen LogP contribution in [0.1, 0.15) is 18.2 Å². The van der Waals surface area contributed by atoms with E-state index in [-0.39, 0.29) is 5.56 Å². The Bertz CT molecular complexity index is 236. The van der Waals surface area contributed by atoms with Crippen molar-refractivity contribution in [1.82, 2.24) is 0 Å². The molecule has 0 fully saturated rings. The number of aryl methyl sites for hydroxylation is 1. The van der Waals surface area contributed by atoms with Crippen LogP contribution in [0.3, 0.4) is 0 Å². The van der Waals surface area contributed by atoms with Crippen LogP contribution in [0.25, 0.3) is 0 Å². The summed E-state index contributed by atoms with van der Waals surface area (Å²) < 4.78 is 40.2. The van der Waals surface area contributed by atoms with Crippen LogP contribution in [-0.2, 0) is 12.6 Å². The van der Waals surface area contributed by atoms with Gasteiger partial charge in [0.05, 0.1) is 6.26 Å². The van der Waals surface area contributed by atoms with Crippen molar-refractivity contribution in [2.45, 2.75) is 19.5 Å². The molecule has 1 nitrogen and oxygen atoms in total. The average Bonchev–Trinajstić information content (AvgIpc) is 2.31. The Morgan fingerprint density at radius 3 is 2.45 bits per heavy atom. The third kappa shape index (κ3) is 1.56. The largest absolute Gasteiger partial charge is 0.459 e. The summed E-state index contributed by atoms with van der Waals surface area (Å²) in [5.74, 6) is -0.875. The van der Waals surface area contributed by atoms with Crippen LogP contribution in [0, 0.1) is 0 Å². The molecule has 4 heteroatoms. The molecule has 62 valence electrons. The van der Waals surface area contributed by atoms with Gasteiger partial charge in [-0.3, -0.25) is 0 Å². The first kappa shape index (κ1) is 8.17. The van der Waals surface area contributed by atoms with Crippen LogP contribution in [0.5, 0.6) is 0 Å². The SMILES string of the molecule is CCc1ccoc1C(F)(F)F. The van der Waals surface area contributed by atoms with E-state index in [1.54, 1.807) is 6.92 Å². The Morgan fingerprint density at radius 1 is 1.45 bits per heavy atom. The molecule has 0 aliphatic heterocycles. The average molecular weight is 164 g/mol. The molecule has 0 aromatic carbocycles. The van der Waals surface area contributed by atoms with Crippen molar-refractivity contribution < 1.29 is 17.6 Å². The number of hydrogen-bond acceptors (Lipinski definition) is 1. The van der Waals surface area contributed by atoms with Gasteiger partial charge in [0.25, 0.3) is 0 Å². The molecule has 0 bridgehead atoms. The van der Waals surface area contributed by atoms with Crippen molar-refractivity contribution >= 4 is 0 Å². The maximum absolute atomic E-state index is 12.0. The van der Waals surface area contributed by atoms with Crippen molar-refractivity contribution in [2.75, 3.05) is 0 Å². The third-order valence-electron chi connectivity index (χ3n) is 1.39. The fourth-order valence-corrected chi connectivity index (χ4v) is 0.863. The van der Waals surface area contributed by atoms with Crippen molar-refractivity contribution in [1.29, 1.82) is 0 Å². The van der Waals surface area contributed by atoms with E-state index in [1.165, 1.54) is 6.07 Å². The second kappa shape index (κ2) is 2.60. The molecular formula is C7H7F3O. The fraction of sp³-hybridized carbons (Fsp3) is 0.429. The summed E-state index contributed by atoms with van der Waals surface area (Å²) in [7, 11) is 0. The Morgan fingerprint density at radius 2 is 2.09 bits per heavy atom. The number of rotatable bonds is 1. The van der Waals surface area contributed by atoms with E-state index < -0.39 is 11.9 Å². The van der Waals surface area contributed by atoms with Crippen LogP contribution in [-0.4, -0.2) is 0 Å². The first-order valence-corrected chi connectivity index (χ1v) is 3.19. The van der Waals surface area contributed by atoms with Gasteiger partial charge in [-0.25, -0.2) is 0 Å². The van der Waals surface area contributed by atoms with E-state index >= 15 is 0 Å².